The van der Waals surface area contributed by atoms with Gasteiger partial charge in [-0.2, -0.15) is 0 Å². The number of fused-ring (bicyclic) bond motifs is 1. The molecule has 2 nitrogen and oxygen atoms in total. The molecule has 2 rings (SSSR count). The van der Waals surface area contributed by atoms with Gasteiger partial charge in [0.25, 0.3) is 0 Å². The highest BCUT2D eigenvalue weighted by atomic mass is 14.6. The van der Waals surface area contributed by atoms with Crippen LogP contribution in [0.25, 0.3) is 10.9 Å². The monoisotopic (exact) mass is 200 g/mol. The third-order valence-electron chi connectivity index (χ3n) is 2.57. The van der Waals surface area contributed by atoms with Crippen LogP contribution in [0.15, 0.2) is 30.5 Å². The van der Waals surface area contributed by atoms with E-state index in [1.807, 2.05) is 6.20 Å². The zero-order valence-electron chi connectivity index (χ0n) is 9.03. The van der Waals surface area contributed by atoms with Crippen LogP contribution in [-0.4, -0.2) is 11.5 Å². The molecule has 0 amide bonds. The Balaban J connectivity index is 2.34. The van der Waals surface area contributed by atoms with E-state index in [-0.39, 0.29) is 0 Å². The highest BCUT2D eigenvalue weighted by Crippen LogP contribution is 2.15. The maximum Gasteiger partial charge on any atom is 0.0704 e. The molecule has 0 aliphatic carbocycles. The van der Waals surface area contributed by atoms with E-state index < -0.39 is 0 Å². The normalized spacial score (nSPS) is 10.8. The zero-order valence-corrected chi connectivity index (χ0v) is 9.03. The molecule has 2 N–H and O–H groups in total. The molecule has 15 heavy (non-hydrogen) atoms. The predicted octanol–water partition coefficient (Wildman–Crippen LogP) is 2.43. The number of aromatic nitrogens is 1. The standard InChI is InChI=1S/C13H16N2/c1-10-4-5-12-8-11(3-2-6-14)9-15-13(12)7-10/h4-5,7-9H,2-3,6,14H2,1H3. The fraction of sp³-hybridized carbons (Fsp3) is 0.308. The molecule has 1 aromatic heterocycles. The fourth-order valence-corrected chi connectivity index (χ4v) is 1.72. The lowest BCUT2D eigenvalue weighted by Crippen LogP contribution is -2.00. The van der Waals surface area contributed by atoms with E-state index in [9.17, 15) is 0 Å². The van der Waals surface area contributed by atoms with Crippen LogP contribution < -0.4 is 5.73 Å². The van der Waals surface area contributed by atoms with E-state index in [4.69, 9.17) is 5.73 Å². The summed E-state index contributed by atoms with van der Waals surface area (Å²) in [6, 6.07) is 8.57. The summed E-state index contributed by atoms with van der Waals surface area (Å²) in [5.74, 6) is 0. The Kier molecular flexibility index (Phi) is 2.97. The van der Waals surface area contributed by atoms with Gasteiger partial charge in [0.1, 0.15) is 0 Å². The van der Waals surface area contributed by atoms with Crippen LogP contribution in [0, 0.1) is 6.92 Å². The van der Waals surface area contributed by atoms with Crippen LogP contribution in [-0.2, 0) is 6.42 Å². The Morgan fingerprint density at radius 2 is 2.13 bits per heavy atom. The van der Waals surface area contributed by atoms with Gasteiger partial charge < -0.3 is 5.73 Å². The first-order chi connectivity index (χ1) is 7.29. The molecular weight excluding hydrogens is 184 g/mol. The number of aryl methyl sites for hydroxylation is 2. The molecule has 0 aliphatic rings. The molecule has 0 aliphatic heterocycles. The molecule has 0 atom stereocenters. The van der Waals surface area contributed by atoms with E-state index in [1.165, 1.54) is 16.5 Å². The Morgan fingerprint density at radius 3 is 2.93 bits per heavy atom. The smallest absolute Gasteiger partial charge is 0.0704 e. The average molecular weight is 200 g/mol. The summed E-state index contributed by atoms with van der Waals surface area (Å²) in [7, 11) is 0. The highest BCUT2D eigenvalue weighted by molar-refractivity contribution is 5.79. The van der Waals surface area contributed by atoms with E-state index in [0.29, 0.717) is 0 Å². The van der Waals surface area contributed by atoms with Crippen molar-refractivity contribution in [3.05, 3.63) is 41.6 Å². The van der Waals surface area contributed by atoms with Crippen molar-refractivity contribution in [2.24, 2.45) is 5.73 Å². The lowest BCUT2D eigenvalue weighted by molar-refractivity contribution is 0.830. The van der Waals surface area contributed by atoms with Gasteiger partial charge in [0, 0.05) is 11.6 Å². The molecule has 0 fully saturated rings. The number of hydrogen-bond donors (Lipinski definition) is 1. The van der Waals surface area contributed by atoms with Gasteiger partial charge in [-0.1, -0.05) is 12.1 Å². The average Bonchev–Trinajstić information content (AvgIpc) is 2.26. The second-order valence-corrected chi connectivity index (χ2v) is 3.93. The van der Waals surface area contributed by atoms with Gasteiger partial charge in [0.05, 0.1) is 5.52 Å². The van der Waals surface area contributed by atoms with Crippen LogP contribution >= 0.6 is 0 Å². The second-order valence-electron chi connectivity index (χ2n) is 3.93. The number of hydrogen-bond acceptors (Lipinski definition) is 2. The Bertz CT molecular complexity index is 463. The van der Waals surface area contributed by atoms with E-state index in [2.05, 4.69) is 36.2 Å². The summed E-state index contributed by atoms with van der Waals surface area (Å²) in [5.41, 5.74) is 9.09. The molecule has 78 valence electrons. The molecule has 0 spiro atoms. The summed E-state index contributed by atoms with van der Waals surface area (Å²) in [6.45, 7) is 2.83. The number of nitrogens with two attached hydrogens (primary N) is 1. The van der Waals surface area contributed by atoms with Crippen molar-refractivity contribution in [1.29, 1.82) is 0 Å². The Labute approximate surface area is 90.1 Å². The minimum atomic E-state index is 0.742. The number of benzene rings is 1. The summed E-state index contributed by atoms with van der Waals surface area (Å²) < 4.78 is 0. The molecular formula is C13H16N2. The van der Waals surface area contributed by atoms with Crippen molar-refractivity contribution in [1.82, 2.24) is 4.98 Å². The van der Waals surface area contributed by atoms with Crippen LogP contribution in [0.4, 0.5) is 0 Å². The van der Waals surface area contributed by atoms with Crippen molar-refractivity contribution < 1.29 is 0 Å². The first-order valence-electron chi connectivity index (χ1n) is 5.35. The largest absolute Gasteiger partial charge is 0.330 e. The molecule has 0 radical (unpaired) electrons. The van der Waals surface area contributed by atoms with Gasteiger partial charge in [-0.15, -0.1) is 0 Å². The van der Waals surface area contributed by atoms with Crippen molar-refractivity contribution >= 4 is 10.9 Å². The second kappa shape index (κ2) is 4.41. The molecule has 0 saturated heterocycles. The Morgan fingerprint density at radius 1 is 1.27 bits per heavy atom. The van der Waals surface area contributed by atoms with Crippen LogP contribution in [0.3, 0.4) is 0 Å². The third-order valence-corrected chi connectivity index (χ3v) is 2.57. The minimum absolute atomic E-state index is 0.742. The van der Waals surface area contributed by atoms with Gasteiger partial charge in [-0.05, 0) is 49.6 Å². The van der Waals surface area contributed by atoms with Crippen molar-refractivity contribution in [3.8, 4) is 0 Å². The van der Waals surface area contributed by atoms with Gasteiger partial charge in [-0.25, -0.2) is 0 Å². The van der Waals surface area contributed by atoms with Gasteiger partial charge >= 0.3 is 0 Å². The number of pyridine rings is 1. The molecule has 2 aromatic rings. The molecule has 0 bridgehead atoms. The molecule has 1 heterocycles. The van der Waals surface area contributed by atoms with Gasteiger partial charge in [0.2, 0.25) is 0 Å². The van der Waals surface area contributed by atoms with Crippen molar-refractivity contribution in [2.75, 3.05) is 6.54 Å². The summed E-state index contributed by atoms with van der Waals surface area (Å²) in [4.78, 5) is 4.45. The maximum absolute atomic E-state index is 5.49. The molecule has 1 aromatic carbocycles. The van der Waals surface area contributed by atoms with Crippen molar-refractivity contribution in [2.45, 2.75) is 19.8 Å². The van der Waals surface area contributed by atoms with Gasteiger partial charge in [0.15, 0.2) is 0 Å². The first-order valence-corrected chi connectivity index (χ1v) is 5.35. The summed E-state index contributed by atoms with van der Waals surface area (Å²) in [6.07, 6.45) is 4.00. The zero-order chi connectivity index (χ0) is 10.7. The van der Waals surface area contributed by atoms with Crippen LogP contribution in [0.1, 0.15) is 17.5 Å². The lowest BCUT2D eigenvalue weighted by Gasteiger charge is -2.03. The maximum atomic E-state index is 5.49. The molecule has 2 heteroatoms. The van der Waals surface area contributed by atoms with E-state index >= 15 is 0 Å². The topological polar surface area (TPSA) is 38.9 Å². The summed E-state index contributed by atoms with van der Waals surface area (Å²) in [5, 5.41) is 1.22. The third kappa shape index (κ3) is 2.34. The van der Waals surface area contributed by atoms with Crippen molar-refractivity contribution in [3.63, 3.8) is 0 Å². The van der Waals surface area contributed by atoms with E-state index in [0.717, 1.165) is 24.9 Å². The number of rotatable bonds is 3. The van der Waals surface area contributed by atoms with Crippen LogP contribution in [0.2, 0.25) is 0 Å². The SMILES string of the molecule is Cc1ccc2cc(CCCN)cnc2c1. The highest BCUT2D eigenvalue weighted by Gasteiger charge is 1.98. The summed E-state index contributed by atoms with van der Waals surface area (Å²) >= 11 is 0. The quantitative estimate of drug-likeness (QED) is 0.826. The fourth-order valence-electron chi connectivity index (χ4n) is 1.72. The molecule has 0 unspecified atom stereocenters. The lowest BCUT2D eigenvalue weighted by atomic mass is 10.1. The predicted molar refractivity (Wildman–Crippen MR) is 63.9 cm³/mol. The van der Waals surface area contributed by atoms with Crippen LogP contribution in [0.5, 0.6) is 0 Å². The van der Waals surface area contributed by atoms with E-state index in [1.54, 1.807) is 0 Å². The van der Waals surface area contributed by atoms with Gasteiger partial charge in [-0.3, -0.25) is 4.98 Å². The first kappa shape index (κ1) is 10.1. The Hall–Kier alpha value is -1.41. The number of nitrogens with zero attached hydrogens (tertiary/aromatic N) is 1. The molecule has 0 saturated carbocycles. The minimum Gasteiger partial charge on any atom is -0.330 e.